The molecule has 0 bridgehead atoms. The average Bonchev–Trinajstić information content (AvgIpc) is 3.24. The number of piperidine rings is 1. The first-order valence-corrected chi connectivity index (χ1v) is 10.3. The van der Waals surface area contributed by atoms with Crippen molar-refractivity contribution in [3.63, 3.8) is 0 Å². The van der Waals surface area contributed by atoms with Gasteiger partial charge in [0.05, 0.1) is 23.4 Å². The Morgan fingerprint density at radius 2 is 1.91 bits per heavy atom. The Labute approximate surface area is 191 Å². The Morgan fingerprint density at radius 3 is 2.53 bits per heavy atom. The summed E-state index contributed by atoms with van der Waals surface area (Å²) in [4.78, 5) is 41.3. The van der Waals surface area contributed by atoms with E-state index >= 15 is 0 Å². The van der Waals surface area contributed by atoms with Gasteiger partial charge in [0.15, 0.2) is 0 Å². The van der Waals surface area contributed by atoms with Gasteiger partial charge >= 0.3 is 0 Å². The lowest BCUT2D eigenvalue weighted by Crippen LogP contribution is -2.42. The third-order valence-electron chi connectivity index (χ3n) is 5.54. The lowest BCUT2D eigenvalue weighted by Gasteiger charge is -2.31. The highest BCUT2D eigenvalue weighted by Gasteiger charge is 2.35. The molecule has 1 aromatic carbocycles. The molecule has 4 N–H and O–H groups in total. The van der Waals surface area contributed by atoms with E-state index in [9.17, 15) is 28.3 Å². The van der Waals surface area contributed by atoms with Crippen LogP contribution in [0.15, 0.2) is 40.9 Å². The number of carboxylic acid groups (broad SMARTS) is 1. The van der Waals surface area contributed by atoms with Crippen molar-refractivity contribution in [3.8, 4) is 11.3 Å². The summed E-state index contributed by atoms with van der Waals surface area (Å²) in [5.74, 6) is 1.78. The van der Waals surface area contributed by atoms with Crippen molar-refractivity contribution in [3.05, 3.63) is 53.4 Å². The first-order chi connectivity index (χ1) is 16.2. The number of alkyl halides is 2. The van der Waals surface area contributed by atoms with Crippen LogP contribution in [0.1, 0.15) is 39.3 Å². The van der Waals surface area contributed by atoms with Crippen LogP contribution < -0.4 is 21.7 Å². The van der Waals surface area contributed by atoms with Gasteiger partial charge in [-0.15, -0.1) is 0 Å². The molecular weight excluding hydrogens is 452 g/mol. The fourth-order valence-corrected chi connectivity index (χ4v) is 3.76. The van der Waals surface area contributed by atoms with Crippen LogP contribution in [0.5, 0.6) is 0 Å². The minimum absolute atomic E-state index is 0.0303. The van der Waals surface area contributed by atoms with Gasteiger partial charge in [0.2, 0.25) is 0 Å². The summed E-state index contributed by atoms with van der Waals surface area (Å²) in [7, 11) is 0. The van der Waals surface area contributed by atoms with Crippen molar-refractivity contribution in [2.24, 2.45) is 5.84 Å². The Balaban J connectivity index is 1.61. The highest BCUT2D eigenvalue weighted by atomic mass is 19.3. The third kappa shape index (κ3) is 4.81. The number of pyridine rings is 1. The molecule has 0 unspecified atom stereocenters. The number of amides is 3. The minimum Gasteiger partial charge on any atom is -0.530 e. The van der Waals surface area contributed by atoms with Gasteiger partial charge in [0, 0.05) is 43.1 Å². The molecule has 3 amide bonds. The number of rotatable bonds is 5. The quantitative estimate of drug-likeness (QED) is 0.288. The number of hydrogen-bond donors (Lipinski definition) is 3. The minimum atomic E-state index is -2.75. The van der Waals surface area contributed by atoms with Crippen molar-refractivity contribution < 1.29 is 32.7 Å². The molecule has 0 saturated carbocycles. The first kappa shape index (κ1) is 23.1. The van der Waals surface area contributed by atoms with Crippen LogP contribution in [0.4, 0.5) is 13.6 Å². The second-order valence-corrected chi connectivity index (χ2v) is 7.85. The van der Waals surface area contributed by atoms with Gasteiger partial charge in [-0.25, -0.2) is 14.6 Å². The summed E-state index contributed by atoms with van der Waals surface area (Å²) in [6, 6.07) is 7.86. The number of carbonyl (C=O) groups is 3. The second-order valence-electron chi connectivity index (χ2n) is 7.85. The summed E-state index contributed by atoms with van der Waals surface area (Å²) < 4.78 is 32.3. The van der Waals surface area contributed by atoms with E-state index in [1.807, 2.05) is 5.43 Å². The Hall–Kier alpha value is -4.06. The zero-order chi connectivity index (χ0) is 24.5. The van der Waals surface area contributed by atoms with Crippen molar-refractivity contribution in [2.75, 3.05) is 13.1 Å². The predicted octanol–water partition coefficient (Wildman–Crippen LogP) is 1.40. The highest BCUT2D eigenvalue weighted by molar-refractivity contribution is 6.06. The van der Waals surface area contributed by atoms with E-state index < -0.39 is 17.9 Å². The molecule has 3 heterocycles. The normalized spacial score (nSPS) is 15.2. The number of halogens is 2. The molecule has 0 radical (unpaired) electrons. The van der Waals surface area contributed by atoms with Crippen LogP contribution in [0.25, 0.3) is 22.2 Å². The largest absolute Gasteiger partial charge is 0.530 e. The number of likely N-dealkylation sites (tertiary alicyclic amines) is 1. The zero-order valence-electron chi connectivity index (χ0n) is 17.8. The molecule has 1 aliphatic rings. The fourth-order valence-electron chi connectivity index (χ4n) is 3.76. The number of benzene rings is 1. The molecule has 0 aliphatic carbocycles. The maximum absolute atomic E-state index is 13.4. The summed E-state index contributed by atoms with van der Waals surface area (Å²) in [6.45, 7) is -0.220. The molecule has 10 nitrogen and oxygen atoms in total. The number of nitrogens with zero attached hydrogens (tertiary/aromatic N) is 2. The average molecular weight is 472 g/mol. The van der Waals surface area contributed by atoms with Gasteiger partial charge in [-0.2, -0.15) is 0 Å². The predicted molar refractivity (Wildman–Crippen MR) is 113 cm³/mol. The molecule has 12 heteroatoms. The molecule has 1 saturated heterocycles. The lowest BCUT2D eigenvalue weighted by atomic mass is 10.0. The van der Waals surface area contributed by atoms with E-state index in [1.54, 1.807) is 18.2 Å². The summed E-state index contributed by atoms with van der Waals surface area (Å²) in [5, 5.41) is 13.2. The number of hydrazine groups is 1. The molecule has 3 aromatic rings. The van der Waals surface area contributed by atoms with Gasteiger partial charge in [0.25, 0.3) is 17.7 Å². The standard InChI is InChI=1S/C22H21F2N5O5/c23-22(24)3-5-29(6-4-22)20(31)12-1-2-17(26-10-12)13-7-14-8-15(11-27-21(32)33)34-18(14)16(9-13)19(30)28-25/h1-2,7-10,27H,3-6,11,25H2,(H,28,30)(H,32,33)/p-1. The Bertz CT molecular complexity index is 1250. The summed E-state index contributed by atoms with van der Waals surface area (Å²) in [5.41, 5.74) is 3.55. The smallest absolute Gasteiger partial charge is 0.269 e. The SMILES string of the molecule is NNC(=O)c1cc(-c2ccc(C(=O)N3CCC(F)(F)CC3)cn2)cc2cc(CNC(=O)[O-])oc12. The van der Waals surface area contributed by atoms with Gasteiger partial charge < -0.3 is 24.5 Å². The van der Waals surface area contributed by atoms with Gasteiger partial charge in [0.1, 0.15) is 17.4 Å². The van der Waals surface area contributed by atoms with E-state index in [1.165, 1.54) is 23.2 Å². The molecule has 0 spiro atoms. The molecule has 2 aromatic heterocycles. The maximum Gasteiger partial charge on any atom is 0.269 e. The van der Waals surface area contributed by atoms with Crippen LogP contribution in [-0.2, 0) is 6.54 Å². The van der Waals surface area contributed by atoms with Crippen molar-refractivity contribution in [1.29, 1.82) is 0 Å². The van der Waals surface area contributed by atoms with Crippen LogP contribution in [0.3, 0.4) is 0 Å². The van der Waals surface area contributed by atoms with Crippen LogP contribution in [0, 0.1) is 0 Å². The van der Waals surface area contributed by atoms with Crippen molar-refractivity contribution in [2.45, 2.75) is 25.3 Å². The van der Waals surface area contributed by atoms with E-state index in [-0.39, 0.29) is 60.9 Å². The number of nitrogens with two attached hydrogens (primary N) is 1. The van der Waals surface area contributed by atoms with E-state index in [0.717, 1.165) is 0 Å². The molecule has 4 rings (SSSR count). The summed E-state index contributed by atoms with van der Waals surface area (Å²) >= 11 is 0. The number of nitrogen functional groups attached to an aromatic ring is 1. The Kier molecular flexibility index (Phi) is 6.16. The van der Waals surface area contributed by atoms with Gasteiger partial charge in [-0.3, -0.25) is 20.0 Å². The Morgan fingerprint density at radius 1 is 1.18 bits per heavy atom. The lowest BCUT2D eigenvalue weighted by molar-refractivity contribution is -0.251. The number of hydrogen-bond acceptors (Lipinski definition) is 7. The van der Waals surface area contributed by atoms with E-state index in [0.29, 0.717) is 16.6 Å². The first-order valence-electron chi connectivity index (χ1n) is 10.3. The fraction of sp³-hybridized carbons (Fsp3) is 0.273. The molecule has 34 heavy (non-hydrogen) atoms. The molecule has 178 valence electrons. The van der Waals surface area contributed by atoms with Crippen molar-refractivity contribution >= 4 is 28.9 Å². The van der Waals surface area contributed by atoms with Gasteiger partial charge in [-0.1, -0.05) is 0 Å². The molecule has 0 atom stereocenters. The van der Waals surface area contributed by atoms with Crippen molar-refractivity contribution in [1.82, 2.24) is 20.6 Å². The van der Waals surface area contributed by atoms with E-state index in [4.69, 9.17) is 10.3 Å². The third-order valence-corrected chi connectivity index (χ3v) is 5.54. The maximum atomic E-state index is 13.4. The highest BCUT2D eigenvalue weighted by Crippen LogP contribution is 2.31. The second kappa shape index (κ2) is 9.06. The molecule has 1 fully saturated rings. The van der Waals surface area contributed by atoms with Crippen LogP contribution in [0.2, 0.25) is 0 Å². The van der Waals surface area contributed by atoms with Gasteiger partial charge in [-0.05, 0) is 30.3 Å². The number of aromatic nitrogens is 1. The number of furan rings is 1. The van der Waals surface area contributed by atoms with Crippen LogP contribution >= 0.6 is 0 Å². The number of carbonyl (C=O) groups excluding carboxylic acids is 3. The van der Waals surface area contributed by atoms with Crippen LogP contribution in [-0.4, -0.2) is 46.8 Å². The topological polar surface area (TPSA) is 154 Å². The zero-order valence-corrected chi connectivity index (χ0v) is 17.8. The molecular formula is C22H20F2N5O5-. The molecule has 1 aliphatic heterocycles. The number of nitrogens with one attached hydrogen (secondary N) is 2. The monoisotopic (exact) mass is 472 g/mol. The summed E-state index contributed by atoms with van der Waals surface area (Å²) in [6.07, 6.45) is -0.872. The number of fused-ring (bicyclic) bond motifs is 1. The van der Waals surface area contributed by atoms with E-state index in [2.05, 4.69) is 10.3 Å².